The number of hydrogen-bond acceptors (Lipinski definition) is 4. The monoisotopic (exact) mass is 291 g/mol. The van der Waals surface area contributed by atoms with E-state index in [0.29, 0.717) is 11.4 Å². The van der Waals surface area contributed by atoms with E-state index in [9.17, 15) is 8.42 Å². The topological polar surface area (TPSA) is 76.3 Å². The minimum Gasteiger partial charge on any atom is -0.399 e. The van der Waals surface area contributed by atoms with Gasteiger partial charge in [-0.1, -0.05) is 6.07 Å². The summed E-state index contributed by atoms with van der Waals surface area (Å²) in [5.41, 5.74) is 7.66. The molecular weight excluding hydrogens is 274 g/mol. The van der Waals surface area contributed by atoms with Crippen LogP contribution in [-0.4, -0.2) is 24.8 Å². The number of benzene rings is 1. The summed E-state index contributed by atoms with van der Waals surface area (Å²) < 4.78 is 26.2. The zero-order valence-corrected chi connectivity index (χ0v) is 12.3. The third-order valence-corrected chi connectivity index (χ3v) is 4.67. The van der Waals surface area contributed by atoms with Gasteiger partial charge in [0.25, 0.3) is 0 Å². The van der Waals surface area contributed by atoms with Gasteiger partial charge in [0.15, 0.2) is 0 Å². The average Bonchev–Trinajstić information content (AvgIpc) is 2.38. The van der Waals surface area contributed by atoms with Gasteiger partial charge in [-0.3, -0.25) is 4.98 Å². The molecule has 0 bridgehead atoms. The maximum absolute atomic E-state index is 12.5. The van der Waals surface area contributed by atoms with Gasteiger partial charge >= 0.3 is 0 Å². The van der Waals surface area contributed by atoms with E-state index in [-0.39, 0.29) is 11.4 Å². The van der Waals surface area contributed by atoms with Crippen molar-refractivity contribution in [3.05, 3.63) is 53.9 Å². The minimum atomic E-state index is -3.57. The molecule has 20 heavy (non-hydrogen) atoms. The van der Waals surface area contributed by atoms with Crippen molar-refractivity contribution in [2.75, 3.05) is 12.8 Å². The Bertz CT molecular complexity index is 679. The highest BCUT2D eigenvalue weighted by Crippen LogP contribution is 2.20. The summed E-state index contributed by atoms with van der Waals surface area (Å²) in [6.07, 6.45) is 1.64. The molecule has 1 heterocycles. The summed E-state index contributed by atoms with van der Waals surface area (Å²) in [5.74, 6) is 0. The van der Waals surface area contributed by atoms with Gasteiger partial charge in [0.05, 0.1) is 17.1 Å². The minimum absolute atomic E-state index is 0.202. The smallest absolute Gasteiger partial charge is 0.243 e. The largest absolute Gasteiger partial charge is 0.399 e. The second kappa shape index (κ2) is 5.60. The van der Waals surface area contributed by atoms with Crippen molar-refractivity contribution >= 4 is 15.7 Å². The first-order valence-electron chi connectivity index (χ1n) is 6.13. The van der Waals surface area contributed by atoms with E-state index in [2.05, 4.69) is 4.98 Å². The van der Waals surface area contributed by atoms with Crippen molar-refractivity contribution < 1.29 is 8.42 Å². The highest BCUT2D eigenvalue weighted by atomic mass is 32.2. The molecule has 2 N–H and O–H groups in total. The molecule has 0 saturated carbocycles. The lowest BCUT2D eigenvalue weighted by Gasteiger charge is -2.17. The molecule has 106 valence electrons. The number of pyridine rings is 1. The van der Waals surface area contributed by atoms with Crippen molar-refractivity contribution in [2.45, 2.75) is 18.4 Å². The summed E-state index contributed by atoms with van der Waals surface area (Å²) in [7, 11) is -2.04. The summed E-state index contributed by atoms with van der Waals surface area (Å²) in [4.78, 5) is 4.33. The lowest BCUT2D eigenvalue weighted by Crippen LogP contribution is -2.27. The van der Waals surface area contributed by atoms with Crippen LogP contribution in [0.15, 0.2) is 47.5 Å². The Morgan fingerprint density at radius 3 is 2.60 bits per heavy atom. The fourth-order valence-electron chi connectivity index (χ4n) is 1.91. The Balaban J connectivity index is 2.30. The van der Waals surface area contributed by atoms with Gasteiger partial charge in [-0.05, 0) is 42.8 Å². The molecule has 0 aliphatic rings. The standard InChI is InChI=1S/C14H17N3O2S/c1-11-7-12(15)9-14(8-11)20(18,19)17(2)10-13-5-3-4-6-16-13/h3-9H,10,15H2,1-2H3. The third kappa shape index (κ3) is 3.15. The van der Waals surface area contributed by atoms with E-state index in [0.717, 1.165) is 5.56 Å². The molecule has 0 unspecified atom stereocenters. The first-order chi connectivity index (χ1) is 9.39. The van der Waals surface area contributed by atoms with Crippen LogP contribution >= 0.6 is 0 Å². The summed E-state index contributed by atoms with van der Waals surface area (Å²) in [6, 6.07) is 10.2. The number of rotatable bonds is 4. The lowest BCUT2D eigenvalue weighted by molar-refractivity contribution is 0.462. The van der Waals surface area contributed by atoms with Crippen molar-refractivity contribution in [1.29, 1.82) is 0 Å². The van der Waals surface area contributed by atoms with Gasteiger partial charge in [-0.2, -0.15) is 4.31 Å². The maximum Gasteiger partial charge on any atom is 0.243 e. The Morgan fingerprint density at radius 2 is 2.00 bits per heavy atom. The maximum atomic E-state index is 12.5. The molecule has 0 amide bonds. The molecular formula is C14H17N3O2S. The fraction of sp³-hybridized carbons (Fsp3) is 0.214. The van der Waals surface area contributed by atoms with E-state index >= 15 is 0 Å². The molecule has 2 aromatic rings. The predicted octanol–water partition coefficient (Wildman–Crippen LogP) is 1.79. The van der Waals surface area contributed by atoms with E-state index in [4.69, 9.17) is 5.73 Å². The molecule has 1 aromatic carbocycles. The predicted molar refractivity (Wildman–Crippen MR) is 78.5 cm³/mol. The summed E-state index contributed by atoms with van der Waals surface area (Å²) in [6.45, 7) is 2.03. The normalized spacial score (nSPS) is 11.8. The number of hydrogen-bond donors (Lipinski definition) is 1. The Labute approximate surface area is 119 Å². The van der Waals surface area contributed by atoms with Crippen molar-refractivity contribution in [2.24, 2.45) is 0 Å². The van der Waals surface area contributed by atoms with Crippen LogP contribution in [0.5, 0.6) is 0 Å². The van der Waals surface area contributed by atoms with E-state index in [1.54, 1.807) is 30.5 Å². The number of nitrogens with two attached hydrogens (primary N) is 1. The van der Waals surface area contributed by atoms with Gasteiger partial charge in [-0.15, -0.1) is 0 Å². The SMILES string of the molecule is Cc1cc(N)cc(S(=O)(=O)N(C)Cc2ccccn2)c1. The highest BCUT2D eigenvalue weighted by Gasteiger charge is 2.21. The molecule has 0 radical (unpaired) electrons. The molecule has 0 atom stereocenters. The molecule has 1 aromatic heterocycles. The number of aryl methyl sites for hydroxylation is 1. The molecule has 0 saturated heterocycles. The lowest BCUT2D eigenvalue weighted by atomic mass is 10.2. The molecule has 0 aliphatic carbocycles. The first-order valence-corrected chi connectivity index (χ1v) is 7.57. The van der Waals surface area contributed by atoms with Crippen LogP contribution in [0.25, 0.3) is 0 Å². The van der Waals surface area contributed by atoms with Crippen LogP contribution in [0.1, 0.15) is 11.3 Å². The van der Waals surface area contributed by atoms with Crippen LogP contribution in [-0.2, 0) is 16.6 Å². The van der Waals surface area contributed by atoms with Gasteiger partial charge in [0, 0.05) is 18.9 Å². The molecule has 0 aliphatic heterocycles. The molecule has 2 rings (SSSR count). The van der Waals surface area contributed by atoms with E-state index in [1.807, 2.05) is 13.0 Å². The van der Waals surface area contributed by atoms with Crippen LogP contribution in [0.4, 0.5) is 5.69 Å². The van der Waals surface area contributed by atoms with Gasteiger partial charge in [0.1, 0.15) is 0 Å². The zero-order valence-electron chi connectivity index (χ0n) is 11.4. The van der Waals surface area contributed by atoms with Gasteiger partial charge in [0.2, 0.25) is 10.0 Å². The second-order valence-corrected chi connectivity index (χ2v) is 6.71. The first kappa shape index (κ1) is 14.5. The molecule has 0 fully saturated rings. The molecule has 5 nitrogen and oxygen atoms in total. The second-order valence-electron chi connectivity index (χ2n) is 4.66. The number of anilines is 1. The van der Waals surface area contributed by atoms with Gasteiger partial charge < -0.3 is 5.73 Å². The highest BCUT2D eigenvalue weighted by molar-refractivity contribution is 7.89. The van der Waals surface area contributed by atoms with Crippen molar-refractivity contribution in [3.63, 3.8) is 0 Å². The van der Waals surface area contributed by atoms with Gasteiger partial charge in [-0.25, -0.2) is 8.42 Å². The Kier molecular flexibility index (Phi) is 4.06. The quantitative estimate of drug-likeness (QED) is 0.871. The molecule has 6 heteroatoms. The van der Waals surface area contributed by atoms with E-state index < -0.39 is 10.0 Å². The number of nitrogens with zero attached hydrogens (tertiary/aromatic N) is 2. The van der Waals surface area contributed by atoms with Crippen LogP contribution in [0, 0.1) is 6.92 Å². The van der Waals surface area contributed by atoms with Crippen LogP contribution < -0.4 is 5.73 Å². The van der Waals surface area contributed by atoms with Crippen molar-refractivity contribution in [3.8, 4) is 0 Å². The number of nitrogen functional groups attached to an aromatic ring is 1. The average molecular weight is 291 g/mol. The van der Waals surface area contributed by atoms with Crippen LogP contribution in [0.2, 0.25) is 0 Å². The fourth-order valence-corrected chi connectivity index (χ4v) is 3.19. The number of aromatic nitrogens is 1. The Hall–Kier alpha value is -1.92. The Morgan fingerprint density at radius 1 is 1.25 bits per heavy atom. The number of sulfonamides is 1. The van der Waals surface area contributed by atoms with Crippen molar-refractivity contribution in [1.82, 2.24) is 9.29 Å². The summed E-state index contributed by atoms with van der Waals surface area (Å²) >= 11 is 0. The van der Waals surface area contributed by atoms with Crippen LogP contribution in [0.3, 0.4) is 0 Å². The summed E-state index contributed by atoms with van der Waals surface area (Å²) in [5, 5.41) is 0. The molecule has 0 spiro atoms. The van der Waals surface area contributed by atoms with E-state index in [1.165, 1.54) is 17.4 Å². The zero-order chi connectivity index (χ0) is 14.8. The third-order valence-electron chi connectivity index (χ3n) is 2.89.